The summed E-state index contributed by atoms with van der Waals surface area (Å²) in [6, 6.07) is 29.8. The zero-order chi connectivity index (χ0) is 39.2. The van der Waals surface area contributed by atoms with Crippen LogP contribution in [0, 0.1) is 55.4 Å². The van der Waals surface area contributed by atoms with Crippen molar-refractivity contribution in [1.82, 2.24) is 19.9 Å². The molecule has 7 aromatic rings. The van der Waals surface area contributed by atoms with Crippen molar-refractivity contribution in [3.63, 3.8) is 0 Å². The summed E-state index contributed by atoms with van der Waals surface area (Å²) in [4.78, 5) is 17.5. The number of fused-ring (bicyclic) bond motifs is 3. The summed E-state index contributed by atoms with van der Waals surface area (Å²) in [7, 11) is -7.49. The first-order chi connectivity index (χ1) is 25.5. The Labute approximate surface area is 361 Å². The van der Waals surface area contributed by atoms with Crippen LogP contribution >= 0.6 is 0 Å². The predicted molar refractivity (Wildman–Crippen MR) is 217 cm³/mol. The Bertz CT molecular complexity index is 2480. The van der Waals surface area contributed by atoms with Gasteiger partial charge in [-0.05, 0) is 101 Å². The van der Waals surface area contributed by atoms with Crippen molar-refractivity contribution in [3.05, 3.63) is 164 Å². The molecule has 56 heavy (non-hydrogen) atoms. The van der Waals surface area contributed by atoms with E-state index < -0.39 is 20.0 Å². The van der Waals surface area contributed by atoms with E-state index in [9.17, 15) is 16.8 Å². The molecule has 4 aromatic heterocycles. The minimum atomic E-state index is -3.75. The minimum absolute atomic E-state index is 0. The van der Waals surface area contributed by atoms with Crippen LogP contribution in [0.3, 0.4) is 0 Å². The monoisotopic (exact) mass is 972 g/mol. The van der Waals surface area contributed by atoms with Crippen LogP contribution in [0.4, 0.5) is 11.6 Å². The summed E-state index contributed by atoms with van der Waals surface area (Å²) in [6.45, 7) is 14.6. The van der Waals surface area contributed by atoms with Gasteiger partial charge in [-0.3, -0.25) is 9.97 Å². The van der Waals surface area contributed by atoms with Gasteiger partial charge >= 0.3 is 44.8 Å². The van der Waals surface area contributed by atoms with Crippen LogP contribution in [0.15, 0.2) is 119 Å². The average Bonchev–Trinajstić information content (AvgIpc) is 3.07. The first-order valence-corrected chi connectivity index (χ1v) is 20.0. The summed E-state index contributed by atoms with van der Waals surface area (Å²) in [5.41, 5.74) is 8.32. The number of aromatic nitrogens is 4. The Balaban J connectivity index is 0.000000224. The van der Waals surface area contributed by atoms with Gasteiger partial charge in [0.25, 0.3) is 0 Å². The van der Waals surface area contributed by atoms with Gasteiger partial charge in [-0.15, -0.1) is 0 Å². The zero-order valence-electron chi connectivity index (χ0n) is 32.1. The van der Waals surface area contributed by atoms with Gasteiger partial charge in [0.1, 0.15) is 0 Å². The largest absolute Gasteiger partial charge is 1.00 e. The topological polar surface area (TPSA) is 148 Å². The number of rotatable bonds is 6. The average molecular weight is 975 g/mol. The molecule has 0 saturated carbocycles. The van der Waals surface area contributed by atoms with E-state index in [-0.39, 0.29) is 66.2 Å². The van der Waals surface area contributed by atoms with Crippen molar-refractivity contribution < 1.29 is 61.6 Å². The fourth-order valence-corrected chi connectivity index (χ4v) is 9.07. The van der Waals surface area contributed by atoms with Crippen molar-refractivity contribution in [1.29, 1.82) is 0 Å². The molecular weight excluding hydrogens is 932 g/mol. The van der Waals surface area contributed by atoms with E-state index in [1.165, 1.54) is 0 Å². The molecule has 10 nitrogen and oxygen atoms in total. The molecule has 0 spiro atoms. The minimum Gasteiger partial charge on any atom is -0.439 e. The number of hydrogen-bond donors (Lipinski definition) is 0. The van der Waals surface area contributed by atoms with Gasteiger partial charge in [-0.1, -0.05) is 107 Å². The van der Waals surface area contributed by atoms with E-state index in [1.807, 2.05) is 50.2 Å². The zero-order valence-corrected chi connectivity index (χ0v) is 36.7. The third-order valence-corrected chi connectivity index (χ3v) is 11.4. The van der Waals surface area contributed by atoms with Crippen LogP contribution in [0.2, 0.25) is 0 Å². The van der Waals surface area contributed by atoms with Crippen LogP contribution in [0.25, 0.3) is 31.3 Å². The molecule has 7 rings (SSSR count). The van der Waals surface area contributed by atoms with Crippen molar-refractivity contribution in [2.75, 3.05) is 0 Å². The molecular formula is C42H42Ag2N6O4S2. The molecule has 0 aliphatic rings. The first-order valence-electron chi connectivity index (χ1n) is 17.1. The third kappa shape index (κ3) is 11.7. The summed E-state index contributed by atoms with van der Waals surface area (Å²) >= 11 is 0. The molecule has 3 aromatic carbocycles. The van der Waals surface area contributed by atoms with E-state index in [0.717, 1.165) is 44.3 Å². The summed E-state index contributed by atoms with van der Waals surface area (Å²) in [5.74, 6) is 0.425. The van der Waals surface area contributed by atoms with E-state index in [2.05, 4.69) is 53.6 Å². The molecule has 0 aliphatic heterocycles. The molecule has 14 heteroatoms. The molecule has 298 valence electrons. The molecule has 0 aliphatic carbocycles. The second kappa shape index (κ2) is 19.8. The standard InChI is InChI=1S/2C15H17N2O2S.C12H8N2.2Ag/c2*1-10-8-11(2)15(12(3)9-10)20(18,19)17-14-7-5-6-13(4)16-14;1-3-9-5-6-10-4-2-8-14-12(10)11(9)13-7-1;;/h2*5-9H,1-4H3;1-8H;;/q2*-1;;2*+1. The van der Waals surface area contributed by atoms with Crippen LogP contribution < -0.4 is 0 Å². The van der Waals surface area contributed by atoms with E-state index in [1.54, 1.807) is 90.3 Å². The Morgan fingerprint density at radius 1 is 0.446 bits per heavy atom. The molecule has 4 heterocycles. The Kier molecular flexibility index (Phi) is 16.3. The summed E-state index contributed by atoms with van der Waals surface area (Å²) in [6.07, 6.45) is 3.60. The number of hydrogen-bond acceptors (Lipinski definition) is 8. The van der Waals surface area contributed by atoms with Gasteiger partial charge in [-0.25, -0.2) is 16.8 Å². The first kappa shape index (κ1) is 46.1. The van der Waals surface area contributed by atoms with E-state index in [0.29, 0.717) is 22.3 Å². The fourth-order valence-electron chi connectivity index (χ4n) is 6.32. The van der Waals surface area contributed by atoms with Gasteiger partial charge < -0.3 is 19.4 Å². The second-order valence-corrected chi connectivity index (χ2v) is 16.2. The van der Waals surface area contributed by atoms with E-state index in [4.69, 9.17) is 0 Å². The van der Waals surface area contributed by atoms with Crippen molar-refractivity contribution in [3.8, 4) is 0 Å². The van der Waals surface area contributed by atoms with Gasteiger partial charge in [0.2, 0.25) is 20.0 Å². The quantitative estimate of drug-likeness (QED) is 0.118. The smallest absolute Gasteiger partial charge is 0.439 e. The van der Waals surface area contributed by atoms with Gasteiger partial charge in [0.15, 0.2) is 0 Å². The Morgan fingerprint density at radius 3 is 1.11 bits per heavy atom. The number of pyridine rings is 4. The van der Waals surface area contributed by atoms with Gasteiger partial charge in [0, 0.05) is 23.2 Å². The molecule has 0 bridgehead atoms. The Hall–Kier alpha value is -4.24. The van der Waals surface area contributed by atoms with Crippen LogP contribution in [-0.2, 0) is 64.8 Å². The molecule has 0 amide bonds. The Morgan fingerprint density at radius 2 is 0.786 bits per heavy atom. The van der Waals surface area contributed by atoms with Crippen LogP contribution in [-0.4, -0.2) is 36.8 Å². The fraction of sp³-hybridized carbons (Fsp3) is 0.190. The van der Waals surface area contributed by atoms with Crippen LogP contribution in [0.5, 0.6) is 0 Å². The number of sulfonamides is 2. The molecule has 0 fully saturated rings. The van der Waals surface area contributed by atoms with E-state index >= 15 is 0 Å². The number of aryl methyl sites for hydroxylation is 8. The molecule has 0 radical (unpaired) electrons. The van der Waals surface area contributed by atoms with Gasteiger partial charge in [0.05, 0.1) is 20.8 Å². The van der Waals surface area contributed by atoms with Gasteiger partial charge in [-0.2, -0.15) is 0 Å². The SMILES string of the molecule is Cc1cc(C)c(S(=O)(=O)[N-]c2cccc(C)n2)c(C)c1.Cc1cc(C)c(S(=O)(=O)[N-]c2cccc(C)n2)c(C)c1.[Ag+].[Ag+].c1cnc2c(c1)ccc1cccnc12. The summed E-state index contributed by atoms with van der Waals surface area (Å²) in [5, 5.41) is 2.28. The predicted octanol–water partition coefficient (Wildman–Crippen LogP) is 10.2. The normalized spacial score (nSPS) is 10.9. The number of benzene rings is 3. The molecule has 0 N–H and O–H groups in total. The number of nitrogens with zero attached hydrogens (tertiary/aromatic N) is 6. The molecule has 0 saturated heterocycles. The van der Waals surface area contributed by atoms with Crippen LogP contribution in [0.1, 0.15) is 44.8 Å². The van der Waals surface area contributed by atoms with Crippen molar-refractivity contribution >= 4 is 53.5 Å². The maximum atomic E-state index is 12.5. The summed E-state index contributed by atoms with van der Waals surface area (Å²) < 4.78 is 57.5. The van der Waals surface area contributed by atoms with Crippen molar-refractivity contribution in [2.24, 2.45) is 0 Å². The maximum absolute atomic E-state index is 12.5. The third-order valence-electron chi connectivity index (χ3n) is 8.24. The van der Waals surface area contributed by atoms with Crippen molar-refractivity contribution in [2.45, 2.75) is 65.2 Å². The molecule has 0 unspecified atom stereocenters. The maximum Gasteiger partial charge on any atom is 1.00 e. The molecule has 0 atom stereocenters. The second-order valence-electron chi connectivity index (χ2n) is 13.1.